The van der Waals surface area contributed by atoms with E-state index in [0.29, 0.717) is 0 Å². The predicted molar refractivity (Wildman–Crippen MR) is 91.7 cm³/mol. The van der Waals surface area contributed by atoms with Gasteiger partial charge in [-0.15, -0.1) is 11.3 Å². The van der Waals surface area contributed by atoms with Crippen molar-refractivity contribution in [2.75, 3.05) is 13.7 Å². The monoisotopic (exact) mass is 303 g/mol. The van der Waals surface area contributed by atoms with Crippen molar-refractivity contribution in [3.63, 3.8) is 0 Å². The number of rotatable bonds is 6. The molecule has 3 heteroatoms. The average molecular weight is 303 g/mol. The molecule has 0 bridgehead atoms. The zero-order chi connectivity index (χ0) is 15.4. The lowest BCUT2D eigenvalue weighted by Gasteiger charge is -2.20. The van der Waals surface area contributed by atoms with Gasteiger partial charge in [0.05, 0.1) is 13.2 Å². The molecule has 0 saturated heterocycles. The van der Waals surface area contributed by atoms with Gasteiger partial charge < -0.3 is 10.1 Å². The standard InChI is InChI=1S/C18H25NOS/c1-6-9-19-18(16-10-13(3)21-14(16)4)15-8-7-12(2)17(11-15)20-5/h7-8,10-11,18-19H,6,9H2,1-5H3. The van der Waals surface area contributed by atoms with Gasteiger partial charge in [0.25, 0.3) is 0 Å². The smallest absolute Gasteiger partial charge is 0.122 e. The molecule has 0 aliphatic heterocycles. The predicted octanol–water partition coefficient (Wildman–Crippen LogP) is 4.77. The Labute approximate surface area is 132 Å². The summed E-state index contributed by atoms with van der Waals surface area (Å²) < 4.78 is 5.49. The van der Waals surface area contributed by atoms with Gasteiger partial charge in [-0.3, -0.25) is 0 Å². The van der Waals surface area contributed by atoms with Crippen LogP contribution in [0.25, 0.3) is 0 Å². The Morgan fingerprint density at radius 2 is 1.95 bits per heavy atom. The second-order valence-electron chi connectivity index (χ2n) is 5.48. The molecule has 1 aromatic heterocycles. The van der Waals surface area contributed by atoms with Crippen LogP contribution in [-0.2, 0) is 0 Å². The minimum absolute atomic E-state index is 0.240. The highest BCUT2D eigenvalue weighted by Gasteiger charge is 2.18. The van der Waals surface area contributed by atoms with Crippen LogP contribution in [0.4, 0.5) is 0 Å². The molecule has 1 unspecified atom stereocenters. The van der Waals surface area contributed by atoms with Crippen LogP contribution in [0.1, 0.15) is 45.8 Å². The minimum Gasteiger partial charge on any atom is -0.496 e. The van der Waals surface area contributed by atoms with Crippen molar-refractivity contribution in [2.24, 2.45) is 0 Å². The maximum absolute atomic E-state index is 5.49. The first kappa shape index (κ1) is 16.1. The number of hydrogen-bond donors (Lipinski definition) is 1. The van der Waals surface area contributed by atoms with E-state index in [9.17, 15) is 0 Å². The number of methoxy groups -OCH3 is 1. The Bertz CT molecular complexity index is 603. The van der Waals surface area contributed by atoms with Gasteiger partial charge in [-0.25, -0.2) is 0 Å². The minimum atomic E-state index is 0.240. The summed E-state index contributed by atoms with van der Waals surface area (Å²) in [5.41, 5.74) is 3.83. The fraction of sp³-hybridized carbons (Fsp3) is 0.444. The maximum atomic E-state index is 5.49. The first-order valence-electron chi connectivity index (χ1n) is 7.51. The van der Waals surface area contributed by atoms with Crippen LogP contribution >= 0.6 is 11.3 Å². The van der Waals surface area contributed by atoms with Crippen LogP contribution in [0.5, 0.6) is 5.75 Å². The number of hydrogen-bond acceptors (Lipinski definition) is 3. The average Bonchev–Trinajstić information content (AvgIpc) is 2.79. The van der Waals surface area contributed by atoms with Crippen LogP contribution in [0.3, 0.4) is 0 Å². The summed E-state index contributed by atoms with van der Waals surface area (Å²) >= 11 is 1.87. The number of thiophene rings is 1. The van der Waals surface area contributed by atoms with E-state index >= 15 is 0 Å². The number of benzene rings is 1. The fourth-order valence-corrected chi connectivity index (χ4v) is 3.61. The van der Waals surface area contributed by atoms with E-state index in [1.165, 1.54) is 26.4 Å². The molecule has 0 aliphatic carbocycles. The zero-order valence-corrected chi connectivity index (χ0v) is 14.4. The third kappa shape index (κ3) is 3.66. The van der Waals surface area contributed by atoms with E-state index in [-0.39, 0.29) is 6.04 Å². The second-order valence-corrected chi connectivity index (χ2v) is 6.95. The Balaban J connectivity index is 2.42. The lowest BCUT2D eigenvalue weighted by Crippen LogP contribution is -2.23. The number of aryl methyl sites for hydroxylation is 3. The van der Waals surface area contributed by atoms with Crippen molar-refractivity contribution in [3.05, 3.63) is 50.7 Å². The molecule has 0 saturated carbocycles. The summed E-state index contributed by atoms with van der Waals surface area (Å²) in [5.74, 6) is 0.959. The normalized spacial score (nSPS) is 12.4. The molecule has 0 aliphatic rings. The van der Waals surface area contributed by atoms with Gasteiger partial charge in [0.15, 0.2) is 0 Å². The van der Waals surface area contributed by atoms with Crippen LogP contribution in [-0.4, -0.2) is 13.7 Å². The van der Waals surface area contributed by atoms with Crippen molar-refractivity contribution in [3.8, 4) is 5.75 Å². The van der Waals surface area contributed by atoms with Crippen molar-refractivity contribution in [2.45, 2.75) is 40.2 Å². The first-order chi connectivity index (χ1) is 10.1. The first-order valence-corrected chi connectivity index (χ1v) is 8.33. The molecule has 114 valence electrons. The molecular formula is C18H25NOS. The molecule has 0 spiro atoms. The summed E-state index contributed by atoms with van der Waals surface area (Å²) in [7, 11) is 1.74. The largest absolute Gasteiger partial charge is 0.496 e. The highest BCUT2D eigenvalue weighted by Crippen LogP contribution is 2.33. The highest BCUT2D eigenvalue weighted by molar-refractivity contribution is 7.12. The molecule has 21 heavy (non-hydrogen) atoms. The molecule has 2 nitrogen and oxygen atoms in total. The summed E-state index contributed by atoms with van der Waals surface area (Å²) in [6.45, 7) is 9.67. The van der Waals surface area contributed by atoms with Gasteiger partial charge in [0, 0.05) is 9.75 Å². The molecule has 2 rings (SSSR count). The summed E-state index contributed by atoms with van der Waals surface area (Å²) in [4.78, 5) is 2.76. The third-order valence-electron chi connectivity index (χ3n) is 3.75. The highest BCUT2D eigenvalue weighted by atomic mass is 32.1. The van der Waals surface area contributed by atoms with E-state index in [0.717, 1.165) is 18.7 Å². The molecule has 1 aromatic carbocycles. The number of ether oxygens (including phenoxy) is 1. The Morgan fingerprint density at radius 1 is 1.19 bits per heavy atom. The molecule has 1 atom stereocenters. The number of nitrogens with one attached hydrogen (secondary N) is 1. The van der Waals surface area contributed by atoms with E-state index in [4.69, 9.17) is 4.74 Å². The van der Waals surface area contributed by atoms with Gasteiger partial charge in [-0.2, -0.15) is 0 Å². The Hall–Kier alpha value is -1.32. The van der Waals surface area contributed by atoms with Gasteiger partial charge in [-0.05, 0) is 62.6 Å². The van der Waals surface area contributed by atoms with Crippen molar-refractivity contribution in [1.29, 1.82) is 0 Å². The Morgan fingerprint density at radius 3 is 2.52 bits per heavy atom. The van der Waals surface area contributed by atoms with Crippen molar-refractivity contribution < 1.29 is 4.74 Å². The maximum Gasteiger partial charge on any atom is 0.122 e. The molecule has 1 N–H and O–H groups in total. The molecule has 2 aromatic rings. The van der Waals surface area contributed by atoms with Gasteiger partial charge >= 0.3 is 0 Å². The molecule has 0 amide bonds. The van der Waals surface area contributed by atoms with Crippen molar-refractivity contribution in [1.82, 2.24) is 5.32 Å². The summed E-state index contributed by atoms with van der Waals surface area (Å²) in [6, 6.07) is 9.06. The second kappa shape index (κ2) is 7.10. The Kier molecular flexibility index (Phi) is 5.43. The summed E-state index contributed by atoms with van der Waals surface area (Å²) in [5, 5.41) is 3.68. The van der Waals surface area contributed by atoms with E-state index in [1.807, 2.05) is 11.3 Å². The molecule has 0 radical (unpaired) electrons. The van der Waals surface area contributed by atoms with E-state index in [2.05, 4.69) is 57.3 Å². The molecular weight excluding hydrogens is 278 g/mol. The van der Waals surface area contributed by atoms with Gasteiger partial charge in [-0.1, -0.05) is 19.1 Å². The van der Waals surface area contributed by atoms with Gasteiger partial charge in [0.1, 0.15) is 5.75 Å². The molecule has 1 heterocycles. The van der Waals surface area contributed by atoms with Crippen LogP contribution in [0, 0.1) is 20.8 Å². The molecule has 0 fully saturated rings. The summed E-state index contributed by atoms with van der Waals surface area (Å²) in [6.07, 6.45) is 1.13. The van der Waals surface area contributed by atoms with E-state index in [1.54, 1.807) is 7.11 Å². The quantitative estimate of drug-likeness (QED) is 0.830. The van der Waals surface area contributed by atoms with Crippen LogP contribution < -0.4 is 10.1 Å². The van der Waals surface area contributed by atoms with Crippen LogP contribution in [0.15, 0.2) is 24.3 Å². The van der Waals surface area contributed by atoms with Crippen molar-refractivity contribution >= 4 is 11.3 Å². The topological polar surface area (TPSA) is 21.3 Å². The third-order valence-corrected chi connectivity index (χ3v) is 4.74. The lowest BCUT2D eigenvalue weighted by atomic mass is 9.97. The SMILES string of the molecule is CCCNC(c1ccc(C)c(OC)c1)c1cc(C)sc1C. The zero-order valence-electron chi connectivity index (χ0n) is 13.6. The van der Waals surface area contributed by atoms with Gasteiger partial charge in [0.2, 0.25) is 0 Å². The van der Waals surface area contributed by atoms with E-state index < -0.39 is 0 Å². The lowest BCUT2D eigenvalue weighted by molar-refractivity contribution is 0.410. The fourth-order valence-electron chi connectivity index (χ4n) is 2.65. The van der Waals surface area contributed by atoms with Crippen LogP contribution in [0.2, 0.25) is 0 Å².